The summed E-state index contributed by atoms with van der Waals surface area (Å²) < 4.78 is 4.90. The summed E-state index contributed by atoms with van der Waals surface area (Å²) >= 11 is 1.87. The van der Waals surface area contributed by atoms with Gasteiger partial charge < -0.3 is 0 Å². The minimum Gasteiger partial charge on any atom is -0.277 e. The normalized spacial score (nSPS) is 12.1. The van der Waals surface area contributed by atoms with E-state index in [0.29, 0.717) is 5.95 Å². The molecule has 0 saturated heterocycles. The molecule has 44 heavy (non-hydrogen) atoms. The molecule has 204 valence electrons. The topological polar surface area (TPSA) is 30.7 Å². The van der Waals surface area contributed by atoms with E-state index in [0.717, 1.165) is 33.2 Å². The zero-order chi connectivity index (χ0) is 28.8. The number of thiophene rings is 1. The van der Waals surface area contributed by atoms with Gasteiger partial charge in [-0.05, 0) is 34.4 Å². The molecule has 0 atom stereocenters. The van der Waals surface area contributed by atoms with E-state index < -0.39 is 0 Å². The van der Waals surface area contributed by atoms with Gasteiger partial charge in [0.25, 0.3) is 0 Å². The molecular weight excluding hydrogens is 555 g/mol. The van der Waals surface area contributed by atoms with Gasteiger partial charge in [0.2, 0.25) is 5.95 Å². The van der Waals surface area contributed by atoms with Crippen molar-refractivity contribution < 1.29 is 0 Å². The second-order valence-electron chi connectivity index (χ2n) is 11.4. The molecule has 0 unspecified atom stereocenters. The van der Waals surface area contributed by atoms with Crippen LogP contribution in [0.15, 0.2) is 140 Å². The molecule has 0 N–H and O–H groups in total. The van der Waals surface area contributed by atoms with Crippen LogP contribution in [-0.2, 0) is 0 Å². The average Bonchev–Trinajstić information content (AvgIpc) is 3.62. The van der Waals surface area contributed by atoms with Crippen molar-refractivity contribution in [1.82, 2.24) is 14.5 Å². The van der Waals surface area contributed by atoms with Crippen molar-refractivity contribution in [2.45, 2.75) is 0 Å². The van der Waals surface area contributed by atoms with E-state index in [9.17, 15) is 0 Å². The number of aromatic nitrogens is 3. The number of nitrogens with zero attached hydrogens (tertiary/aromatic N) is 3. The van der Waals surface area contributed by atoms with Crippen LogP contribution < -0.4 is 0 Å². The molecular formula is C40H23N3S. The van der Waals surface area contributed by atoms with Crippen LogP contribution in [0.3, 0.4) is 0 Å². The van der Waals surface area contributed by atoms with Crippen molar-refractivity contribution >= 4 is 85.8 Å². The van der Waals surface area contributed by atoms with Crippen LogP contribution in [0.5, 0.6) is 0 Å². The van der Waals surface area contributed by atoms with Gasteiger partial charge in [0.05, 0.1) is 22.2 Å². The van der Waals surface area contributed by atoms with Gasteiger partial charge in [0.1, 0.15) is 0 Å². The van der Waals surface area contributed by atoms with Crippen molar-refractivity contribution in [2.75, 3.05) is 0 Å². The number of rotatable bonds is 2. The van der Waals surface area contributed by atoms with Crippen LogP contribution in [0.2, 0.25) is 0 Å². The number of para-hydroxylation sites is 1. The van der Waals surface area contributed by atoms with Gasteiger partial charge in [0.15, 0.2) is 0 Å². The van der Waals surface area contributed by atoms with E-state index >= 15 is 0 Å². The molecule has 10 rings (SSSR count). The molecule has 0 radical (unpaired) electrons. The molecule has 0 aliphatic carbocycles. The number of hydrogen-bond acceptors (Lipinski definition) is 3. The largest absolute Gasteiger partial charge is 0.277 e. The molecule has 0 aliphatic heterocycles. The predicted molar refractivity (Wildman–Crippen MR) is 187 cm³/mol. The van der Waals surface area contributed by atoms with Gasteiger partial charge >= 0.3 is 0 Å². The van der Waals surface area contributed by atoms with Gasteiger partial charge in [0, 0.05) is 47.3 Å². The van der Waals surface area contributed by atoms with Gasteiger partial charge in [-0.15, -0.1) is 11.3 Å². The second-order valence-corrected chi connectivity index (χ2v) is 12.5. The third kappa shape index (κ3) is 3.31. The maximum absolute atomic E-state index is 5.34. The van der Waals surface area contributed by atoms with Crippen LogP contribution in [0.1, 0.15) is 0 Å². The van der Waals surface area contributed by atoms with Crippen LogP contribution in [-0.4, -0.2) is 14.5 Å². The number of hydrogen-bond donors (Lipinski definition) is 0. The lowest BCUT2D eigenvalue weighted by atomic mass is 10.0. The first-order valence-electron chi connectivity index (χ1n) is 14.8. The highest BCUT2D eigenvalue weighted by molar-refractivity contribution is 7.26. The third-order valence-electron chi connectivity index (χ3n) is 8.97. The Kier molecular flexibility index (Phi) is 4.87. The molecule has 3 nitrogen and oxygen atoms in total. The molecule has 0 bridgehead atoms. The summed E-state index contributed by atoms with van der Waals surface area (Å²) in [5, 5.41) is 11.0. The molecule has 0 spiro atoms. The third-order valence-corrected chi connectivity index (χ3v) is 10.2. The van der Waals surface area contributed by atoms with Crippen LogP contribution in [0.25, 0.3) is 91.6 Å². The van der Waals surface area contributed by atoms with E-state index in [1.807, 2.05) is 17.4 Å². The highest BCUT2D eigenvalue weighted by atomic mass is 32.1. The van der Waals surface area contributed by atoms with E-state index in [1.54, 1.807) is 0 Å². The Morgan fingerprint density at radius 2 is 1.16 bits per heavy atom. The van der Waals surface area contributed by atoms with E-state index in [2.05, 4.69) is 138 Å². The second kappa shape index (κ2) is 8.96. The standard InChI is InChI=1S/C40H23N3S/c1-2-12-26(13-3-1)37-31-16-8-9-17-34(31)41-40(42-37)43-35-23-36-33(30-21-19-25-11-5-7-15-28(25)39(30)44-36)22-32(35)29-20-18-24-10-4-6-14-27(24)38(29)43/h1-23H. The summed E-state index contributed by atoms with van der Waals surface area (Å²) in [6.07, 6.45) is 0. The molecule has 3 heterocycles. The fourth-order valence-electron chi connectivity index (χ4n) is 6.96. The minimum absolute atomic E-state index is 0.685. The zero-order valence-corrected chi connectivity index (χ0v) is 24.3. The Hall–Kier alpha value is -5.58. The van der Waals surface area contributed by atoms with E-state index in [1.165, 1.54) is 52.5 Å². The first-order valence-corrected chi connectivity index (χ1v) is 15.7. The average molecular weight is 578 g/mol. The summed E-state index contributed by atoms with van der Waals surface area (Å²) in [5.74, 6) is 0.685. The highest BCUT2D eigenvalue weighted by Crippen LogP contribution is 2.44. The Labute approximate surface area is 256 Å². The van der Waals surface area contributed by atoms with Gasteiger partial charge in [-0.3, -0.25) is 4.57 Å². The quantitative estimate of drug-likeness (QED) is 0.205. The van der Waals surface area contributed by atoms with Gasteiger partial charge in [-0.1, -0.05) is 121 Å². The first-order chi connectivity index (χ1) is 21.8. The first kappa shape index (κ1) is 23.9. The minimum atomic E-state index is 0.685. The SMILES string of the molecule is c1ccc(-c2nc(-n3c4cc5sc6c7ccccc7ccc6c5cc4c4ccc5ccccc5c43)nc3ccccc23)cc1. The maximum atomic E-state index is 5.34. The smallest absolute Gasteiger partial charge is 0.235 e. The summed E-state index contributed by atoms with van der Waals surface area (Å²) in [5.41, 5.74) is 5.21. The molecule has 10 aromatic rings. The number of benzene rings is 7. The fraction of sp³-hybridized carbons (Fsp3) is 0. The lowest BCUT2D eigenvalue weighted by Crippen LogP contribution is -2.03. The Morgan fingerprint density at radius 1 is 0.477 bits per heavy atom. The van der Waals surface area contributed by atoms with Crippen molar-refractivity contribution in [2.24, 2.45) is 0 Å². The van der Waals surface area contributed by atoms with Gasteiger partial charge in [-0.25, -0.2) is 9.97 Å². The molecule has 0 saturated carbocycles. The highest BCUT2D eigenvalue weighted by Gasteiger charge is 2.21. The summed E-state index contributed by atoms with van der Waals surface area (Å²) in [7, 11) is 0. The summed E-state index contributed by atoms with van der Waals surface area (Å²) in [6, 6.07) is 49.9. The van der Waals surface area contributed by atoms with Gasteiger partial charge in [-0.2, -0.15) is 0 Å². The van der Waals surface area contributed by atoms with Crippen molar-refractivity contribution in [3.8, 4) is 17.2 Å². The monoisotopic (exact) mass is 577 g/mol. The Balaban J connectivity index is 1.38. The maximum Gasteiger partial charge on any atom is 0.235 e. The molecule has 0 amide bonds. The Bertz CT molecular complexity index is 2770. The van der Waals surface area contributed by atoms with Crippen LogP contribution >= 0.6 is 11.3 Å². The van der Waals surface area contributed by atoms with Crippen LogP contribution in [0, 0.1) is 0 Å². The van der Waals surface area contributed by atoms with Crippen LogP contribution in [0.4, 0.5) is 0 Å². The van der Waals surface area contributed by atoms with E-state index in [-0.39, 0.29) is 0 Å². The lowest BCUT2D eigenvalue weighted by molar-refractivity contribution is 1.02. The van der Waals surface area contributed by atoms with E-state index in [4.69, 9.17) is 9.97 Å². The molecule has 3 aromatic heterocycles. The zero-order valence-electron chi connectivity index (χ0n) is 23.5. The molecule has 4 heteroatoms. The van der Waals surface area contributed by atoms with Crippen molar-refractivity contribution in [3.05, 3.63) is 140 Å². The Morgan fingerprint density at radius 3 is 2.00 bits per heavy atom. The van der Waals surface area contributed by atoms with Crippen molar-refractivity contribution in [3.63, 3.8) is 0 Å². The summed E-state index contributed by atoms with van der Waals surface area (Å²) in [4.78, 5) is 10.6. The predicted octanol–water partition coefficient (Wildman–Crippen LogP) is 11.1. The molecule has 0 fully saturated rings. The van der Waals surface area contributed by atoms with Crippen molar-refractivity contribution in [1.29, 1.82) is 0 Å². The molecule has 7 aromatic carbocycles. The fourth-order valence-corrected chi connectivity index (χ4v) is 8.21. The number of fused-ring (bicyclic) bond motifs is 11. The summed E-state index contributed by atoms with van der Waals surface area (Å²) in [6.45, 7) is 0. The molecule has 0 aliphatic rings. The lowest BCUT2D eigenvalue weighted by Gasteiger charge is -2.12.